The first kappa shape index (κ1) is 16.0. The Morgan fingerprint density at radius 2 is 1.95 bits per heavy atom. The highest BCUT2D eigenvalue weighted by Crippen LogP contribution is 2.26. The van der Waals surface area contributed by atoms with Gasteiger partial charge < -0.3 is 10.6 Å². The second-order valence-electron chi connectivity index (χ2n) is 5.67. The maximum Gasteiger partial charge on any atom is 0.130 e. The van der Waals surface area contributed by atoms with Gasteiger partial charge in [0.25, 0.3) is 0 Å². The van der Waals surface area contributed by atoms with E-state index < -0.39 is 0 Å². The zero-order chi connectivity index (χ0) is 14.6. The molecule has 0 aliphatic carbocycles. The molecule has 0 aliphatic rings. The molecule has 0 aliphatic heterocycles. The molecule has 0 spiro atoms. The predicted octanol–water partition coefficient (Wildman–Crippen LogP) is 2.63. The molecule has 19 heavy (non-hydrogen) atoms. The smallest absolute Gasteiger partial charge is 0.130 e. The summed E-state index contributed by atoms with van der Waals surface area (Å²) >= 11 is 0. The molecular weight excluding hydrogens is 236 g/mol. The molecule has 1 atom stereocenters. The van der Waals surface area contributed by atoms with Gasteiger partial charge in [-0.1, -0.05) is 13.8 Å². The van der Waals surface area contributed by atoms with Gasteiger partial charge in [-0.15, -0.1) is 0 Å². The van der Waals surface area contributed by atoms with E-state index in [1.165, 1.54) is 11.4 Å². The fourth-order valence-electron chi connectivity index (χ4n) is 2.54. The maximum absolute atomic E-state index is 6.15. The lowest BCUT2D eigenvalue weighted by Gasteiger charge is -2.30. The van der Waals surface area contributed by atoms with Gasteiger partial charge in [0, 0.05) is 31.2 Å². The molecule has 0 saturated carbocycles. The number of aryl methyl sites for hydroxylation is 2. The summed E-state index contributed by atoms with van der Waals surface area (Å²) in [7, 11) is 2.04. The Kier molecular flexibility index (Phi) is 5.85. The third kappa shape index (κ3) is 3.72. The van der Waals surface area contributed by atoms with Crippen LogP contribution in [0.3, 0.4) is 0 Å². The summed E-state index contributed by atoms with van der Waals surface area (Å²) in [6.07, 6.45) is 3.06. The van der Waals surface area contributed by atoms with Crippen molar-refractivity contribution >= 4 is 5.82 Å². The number of nitrogens with two attached hydrogens (primary N) is 1. The van der Waals surface area contributed by atoms with Crippen LogP contribution in [-0.4, -0.2) is 28.4 Å². The normalized spacial score (nSPS) is 13.1. The SMILES string of the molecule is CCCN(c1c(CC(N)CC)c(C)nn1C)C(C)C. The summed E-state index contributed by atoms with van der Waals surface area (Å²) in [5.41, 5.74) is 8.58. The molecule has 0 aromatic carbocycles. The molecule has 1 rings (SSSR count). The molecule has 2 N–H and O–H groups in total. The van der Waals surface area contributed by atoms with Crippen molar-refractivity contribution in [3.8, 4) is 0 Å². The molecule has 0 bridgehead atoms. The van der Waals surface area contributed by atoms with E-state index in [-0.39, 0.29) is 6.04 Å². The molecule has 0 fully saturated rings. The van der Waals surface area contributed by atoms with Crippen LogP contribution in [0.5, 0.6) is 0 Å². The molecule has 1 heterocycles. The van der Waals surface area contributed by atoms with Crippen molar-refractivity contribution in [1.29, 1.82) is 0 Å². The summed E-state index contributed by atoms with van der Waals surface area (Å²) < 4.78 is 2.02. The summed E-state index contributed by atoms with van der Waals surface area (Å²) in [4.78, 5) is 2.44. The van der Waals surface area contributed by atoms with Crippen LogP contribution in [0.1, 0.15) is 51.8 Å². The van der Waals surface area contributed by atoms with Gasteiger partial charge in [0.05, 0.1) is 5.69 Å². The predicted molar refractivity (Wildman–Crippen MR) is 82.7 cm³/mol. The van der Waals surface area contributed by atoms with Gasteiger partial charge in [-0.2, -0.15) is 5.10 Å². The summed E-state index contributed by atoms with van der Waals surface area (Å²) in [6, 6.07) is 0.698. The minimum Gasteiger partial charge on any atom is -0.354 e. The number of hydrogen-bond donors (Lipinski definition) is 1. The standard InChI is InChI=1S/C15H30N4/c1-7-9-19(11(3)4)15-14(10-13(16)8-2)12(5)17-18(15)6/h11,13H,7-10,16H2,1-6H3. The number of nitrogens with zero attached hydrogens (tertiary/aromatic N) is 3. The molecule has 0 saturated heterocycles. The highest BCUT2D eigenvalue weighted by atomic mass is 15.4. The first-order valence-electron chi connectivity index (χ1n) is 7.46. The van der Waals surface area contributed by atoms with E-state index >= 15 is 0 Å². The molecule has 1 unspecified atom stereocenters. The number of rotatable bonds is 7. The quantitative estimate of drug-likeness (QED) is 0.825. The van der Waals surface area contributed by atoms with Gasteiger partial charge in [-0.25, -0.2) is 0 Å². The van der Waals surface area contributed by atoms with Crippen molar-refractivity contribution in [3.63, 3.8) is 0 Å². The molecule has 4 heteroatoms. The first-order chi connectivity index (χ1) is 8.92. The molecule has 0 amide bonds. The lowest BCUT2D eigenvalue weighted by atomic mass is 10.0. The number of aromatic nitrogens is 2. The Bertz CT molecular complexity index is 395. The summed E-state index contributed by atoms with van der Waals surface area (Å²) in [5, 5.41) is 4.60. The van der Waals surface area contributed by atoms with Crippen LogP contribution in [-0.2, 0) is 13.5 Å². The van der Waals surface area contributed by atoms with Crippen molar-refractivity contribution in [1.82, 2.24) is 9.78 Å². The van der Waals surface area contributed by atoms with Crippen molar-refractivity contribution in [3.05, 3.63) is 11.3 Å². The van der Waals surface area contributed by atoms with Crippen LogP contribution >= 0.6 is 0 Å². The van der Waals surface area contributed by atoms with Crippen LogP contribution in [0.15, 0.2) is 0 Å². The average molecular weight is 266 g/mol. The molecule has 1 aromatic heterocycles. The van der Waals surface area contributed by atoms with E-state index in [1.54, 1.807) is 0 Å². The van der Waals surface area contributed by atoms with Crippen LogP contribution in [0.2, 0.25) is 0 Å². The van der Waals surface area contributed by atoms with Gasteiger partial charge in [-0.3, -0.25) is 4.68 Å². The van der Waals surface area contributed by atoms with Crippen LogP contribution in [0.25, 0.3) is 0 Å². The number of anilines is 1. The molecular formula is C15H30N4. The van der Waals surface area contributed by atoms with Gasteiger partial charge >= 0.3 is 0 Å². The second kappa shape index (κ2) is 6.94. The lowest BCUT2D eigenvalue weighted by molar-refractivity contribution is 0.614. The zero-order valence-corrected chi connectivity index (χ0v) is 13.4. The highest BCUT2D eigenvalue weighted by Gasteiger charge is 2.21. The van der Waals surface area contributed by atoms with E-state index in [9.17, 15) is 0 Å². The Labute approximate surface area is 118 Å². The van der Waals surface area contributed by atoms with Crippen molar-refractivity contribution in [2.75, 3.05) is 11.4 Å². The second-order valence-corrected chi connectivity index (χ2v) is 5.67. The summed E-state index contributed by atoms with van der Waals surface area (Å²) in [6.45, 7) is 12.0. The Morgan fingerprint density at radius 1 is 1.32 bits per heavy atom. The summed E-state index contributed by atoms with van der Waals surface area (Å²) in [5.74, 6) is 1.25. The third-order valence-electron chi connectivity index (χ3n) is 3.66. The average Bonchev–Trinajstić information content (AvgIpc) is 2.61. The van der Waals surface area contributed by atoms with Gasteiger partial charge in [-0.05, 0) is 40.0 Å². The van der Waals surface area contributed by atoms with E-state index in [0.717, 1.165) is 31.5 Å². The van der Waals surface area contributed by atoms with Crippen molar-refractivity contribution in [2.24, 2.45) is 12.8 Å². The fraction of sp³-hybridized carbons (Fsp3) is 0.800. The van der Waals surface area contributed by atoms with Crippen molar-refractivity contribution < 1.29 is 0 Å². The largest absolute Gasteiger partial charge is 0.354 e. The fourth-order valence-corrected chi connectivity index (χ4v) is 2.54. The van der Waals surface area contributed by atoms with Gasteiger partial charge in [0.1, 0.15) is 5.82 Å². The Hall–Kier alpha value is -1.03. The van der Waals surface area contributed by atoms with Crippen LogP contribution < -0.4 is 10.6 Å². The highest BCUT2D eigenvalue weighted by molar-refractivity contribution is 5.51. The number of hydrogen-bond acceptors (Lipinski definition) is 3. The minimum atomic E-state index is 0.220. The Morgan fingerprint density at radius 3 is 2.42 bits per heavy atom. The van der Waals surface area contributed by atoms with E-state index in [4.69, 9.17) is 5.73 Å². The van der Waals surface area contributed by atoms with E-state index in [2.05, 4.69) is 44.6 Å². The molecule has 110 valence electrons. The zero-order valence-electron chi connectivity index (χ0n) is 13.4. The van der Waals surface area contributed by atoms with Gasteiger partial charge in [0.2, 0.25) is 0 Å². The topological polar surface area (TPSA) is 47.1 Å². The molecule has 1 aromatic rings. The van der Waals surface area contributed by atoms with E-state index in [0.29, 0.717) is 6.04 Å². The van der Waals surface area contributed by atoms with Crippen LogP contribution in [0, 0.1) is 6.92 Å². The first-order valence-corrected chi connectivity index (χ1v) is 7.46. The Balaban J connectivity index is 3.16. The third-order valence-corrected chi connectivity index (χ3v) is 3.66. The maximum atomic E-state index is 6.15. The van der Waals surface area contributed by atoms with E-state index in [1.807, 2.05) is 11.7 Å². The molecule has 4 nitrogen and oxygen atoms in total. The van der Waals surface area contributed by atoms with Crippen molar-refractivity contribution in [2.45, 2.75) is 66.0 Å². The monoisotopic (exact) mass is 266 g/mol. The lowest BCUT2D eigenvalue weighted by Crippen LogP contribution is -2.34. The van der Waals surface area contributed by atoms with Gasteiger partial charge in [0.15, 0.2) is 0 Å². The minimum absolute atomic E-state index is 0.220. The van der Waals surface area contributed by atoms with Crippen LogP contribution in [0.4, 0.5) is 5.82 Å². The molecule has 0 radical (unpaired) electrons.